The molecule has 0 fully saturated rings. The van der Waals surface area contributed by atoms with Crippen molar-refractivity contribution in [3.63, 3.8) is 0 Å². The van der Waals surface area contributed by atoms with Crippen molar-refractivity contribution in [1.29, 1.82) is 0 Å². The zero-order valence-electron chi connectivity index (χ0n) is 9.14. The molecule has 0 aliphatic heterocycles. The smallest absolute Gasteiger partial charge is 0.236 e. The van der Waals surface area contributed by atoms with Gasteiger partial charge in [-0.25, -0.2) is 0 Å². The van der Waals surface area contributed by atoms with Gasteiger partial charge in [0.1, 0.15) is 5.82 Å². The Labute approximate surface area is 102 Å². The highest BCUT2D eigenvalue weighted by molar-refractivity contribution is 7.12. The molecule has 1 atom stereocenters. The minimum absolute atomic E-state index is 0.169. The van der Waals surface area contributed by atoms with Crippen LogP contribution >= 0.6 is 11.3 Å². The van der Waals surface area contributed by atoms with Crippen LogP contribution in [0.2, 0.25) is 0 Å². The Morgan fingerprint density at radius 3 is 2.88 bits per heavy atom. The number of carbonyl (C=O) groups excluding carboxylic acids is 2. The van der Waals surface area contributed by atoms with Crippen molar-refractivity contribution in [2.75, 3.05) is 5.32 Å². The van der Waals surface area contributed by atoms with Crippen molar-refractivity contribution in [3.05, 3.63) is 34.7 Å². The number of H-pyrrole nitrogens is 1. The lowest BCUT2D eigenvalue weighted by atomic mass is 10.0. The number of thiophene rings is 1. The number of anilines is 1. The molecule has 0 aliphatic carbocycles. The van der Waals surface area contributed by atoms with Crippen molar-refractivity contribution in [2.24, 2.45) is 5.92 Å². The number of nitrogens with one attached hydrogen (secondary N) is 2. The van der Waals surface area contributed by atoms with E-state index in [0.29, 0.717) is 10.7 Å². The van der Waals surface area contributed by atoms with E-state index in [2.05, 4.69) is 15.5 Å². The molecule has 6 heteroatoms. The van der Waals surface area contributed by atoms with E-state index in [1.807, 2.05) is 5.38 Å². The largest absolute Gasteiger partial charge is 0.310 e. The van der Waals surface area contributed by atoms with Crippen LogP contribution in [0.25, 0.3) is 0 Å². The minimum Gasteiger partial charge on any atom is -0.310 e. The van der Waals surface area contributed by atoms with Gasteiger partial charge in [-0.2, -0.15) is 5.10 Å². The van der Waals surface area contributed by atoms with Crippen LogP contribution in [0.3, 0.4) is 0 Å². The van der Waals surface area contributed by atoms with Gasteiger partial charge in [0, 0.05) is 6.07 Å². The summed E-state index contributed by atoms with van der Waals surface area (Å²) < 4.78 is 0. The molecule has 0 saturated heterocycles. The third-order valence-corrected chi connectivity index (χ3v) is 3.19. The van der Waals surface area contributed by atoms with Gasteiger partial charge in [0.2, 0.25) is 5.91 Å². The Kier molecular flexibility index (Phi) is 3.34. The number of hydrogen-bond acceptors (Lipinski definition) is 4. The van der Waals surface area contributed by atoms with Gasteiger partial charge < -0.3 is 5.32 Å². The Hall–Kier alpha value is -1.95. The molecule has 0 aliphatic rings. The van der Waals surface area contributed by atoms with Crippen LogP contribution in [0.5, 0.6) is 0 Å². The van der Waals surface area contributed by atoms with Crippen LogP contribution in [0, 0.1) is 5.92 Å². The first-order chi connectivity index (χ1) is 8.18. The zero-order chi connectivity index (χ0) is 12.3. The van der Waals surface area contributed by atoms with E-state index >= 15 is 0 Å². The summed E-state index contributed by atoms with van der Waals surface area (Å²) in [6.07, 6.45) is 1.53. The van der Waals surface area contributed by atoms with Gasteiger partial charge in [0.15, 0.2) is 5.78 Å². The number of Topliss-reactive ketones (excluding diaryl/α,β-unsaturated/α-hetero) is 1. The average molecular weight is 249 g/mol. The van der Waals surface area contributed by atoms with Gasteiger partial charge >= 0.3 is 0 Å². The molecular formula is C11H11N3O2S. The van der Waals surface area contributed by atoms with Crippen molar-refractivity contribution >= 4 is 28.8 Å². The predicted molar refractivity (Wildman–Crippen MR) is 65.0 cm³/mol. The summed E-state index contributed by atoms with van der Waals surface area (Å²) in [4.78, 5) is 24.3. The molecule has 88 valence electrons. The molecule has 2 heterocycles. The van der Waals surface area contributed by atoms with E-state index in [9.17, 15) is 9.59 Å². The average Bonchev–Trinajstić information content (AvgIpc) is 2.99. The lowest BCUT2D eigenvalue weighted by Crippen LogP contribution is -2.27. The number of nitrogens with zero attached hydrogens (tertiary/aromatic N) is 1. The fraction of sp³-hybridized carbons (Fsp3) is 0.182. The quantitative estimate of drug-likeness (QED) is 0.642. The molecule has 0 radical (unpaired) electrons. The maximum Gasteiger partial charge on any atom is 0.236 e. The van der Waals surface area contributed by atoms with E-state index < -0.39 is 5.92 Å². The third-order valence-electron chi connectivity index (χ3n) is 2.31. The van der Waals surface area contributed by atoms with Crippen molar-refractivity contribution in [1.82, 2.24) is 10.2 Å². The molecule has 2 aromatic heterocycles. The molecule has 5 nitrogen and oxygen atoms in total. The maximum atomic E-state index is 11.9. The molecule has 0 saturated carbocycles. The van der Waals surface area contributed by atoms with Crippen LogP contribution in [-0.4, -0.2) is 21.9 Å². The van der Waals surface area contributed by atoms with Crippen molar-refractivity contribution in [2.45, 2.75) is 6.92 Å². The molecule has 2 N–H and O–H groups in total. The van der Waals surface area contributed by atoms with Gasteiger partial charge in [-0.1, -0.05) is 6.07 Å². The fourth-order valence-electron chi connectivity index (χ4n) is 1.32. The van der Waals surface area contributed by atoms with Crippen molar-refractivity contribution < 1.29 is 9.59 Å². The number of carbonyl (C=O) groups is 2. The molecule has 1 amide bonds. The van der Waals surface area contributed by atoms with E-state index in [1.165, 1.54) is 17.5 Å². The fourth-order valence-corrected chi connectivity index (χ4v) is 2.07. The SMILES string of the molecule is CC(C(=O)Nc1ccn[nH]1)C(=O)c1cccs1. The lowest BCUT2D eigenvalue weighted by Gasteiger charge is -2.08. The topological polar surface area (TPSA) is 74.8 Å². The van der Waals surface area contributed by atoms with E-state index in [0.717, 1.165) is 0 Å². The van der Waals surface area contributed by atoms with Crippen LogP contribution in [0.1, 0.15) is 16.6 Å². The molecule has 0 aromatic carbocycles. The molecule has 0 spiro atoms. The monoisotopic (exact) mass is 249 g/mol. The Morgan fingerprint density at radius 2 is 2.29 bits per heavy atom. The van der Waals surface area contributed by atoms with Crippen molar-refractivity contribution in [3.8, 4) is 0 Å². The summed E-state index contributed by atoms with van der Waals surface area (Å²) in [5.74, 6) is -0.734. The first-order valence-corrected chi connectivity index (χ1v) is 5.94. The van der Waals surface area contributed by atoms with Gasteiger partial charge in [0.25, 0.3) is 0 Å². The van der Waals surface area contributed by atoms with Crippen LogP contribution in [0.4, 0.5) is 5.82 Å². The second-order valence-corrected chi connectivity index (χ2v) is 4.47. The number of hydrogen-bond donors (Lipinski definition) is 2. The Balaban J connectivity index is 2.02. The number of ketones is 1. The predicted octanol–water partition coefficient (Wildman–Crippen LogP) is 1.93. The van der Waals surface area contributed by atoms with Gasteiger partial charge in [0.05, 0.1) is 17.0 Å². The molecule has 2 rings (SSSR count). The summed E-state index contributed by atoms with van der Waals surface area (Å²) >= 11 is 1.34. The van der Waals surface area contributed by atoms with Crippen LogP contribution in [0.15, 0.2) is 29.8 Å². The summed E-state index contributed by atoms with van der Waals surface area (Å²) in [6, 6.07) is 5.13. The lowest BCUT2D eigenvalue weighted by molar-refractivity contribution is -0.118. The van der Waals surface area contributed by atoms with E-state index in [4.69, 9.17) is 0 Å². The van der Waals surface area contributed by atoms with Gasteiger partial charge in [-0.05, 0) is 18.4 Å². The Bertz CT molecular complexity index is 505. The highest BCUT2D eigenvalue weighted by Gasteiger charge is 2.23. The number of rotatable bonds is 4. The molecule has 0 bridgehead atoms. The number of aromatic nitrogens is 2. The second-order valence-electron chi connectivity index (χ2n) is 3.52. The summed E-state index contributed by atoms with van der Waals surface area (Å²) in [7, 11) is 0. The molecular weight excluding hydrogens is 238 g/mol. The van der Waals surface area contributed by atoms with Crippen LogP contribution < -0.4 is 5.32 Å². The number of aromatic amines is 1. The van der Waals surface area contributed by atoms with Gasteiger partial charge in [-0.3, -0.25) is 14.7 Å². The first-order valence-electron chi connectivity index (χ1n) is 5.06. The third kappa shape index (κ3) is 2.59. The molecule has 1 unspecified atom stereocenters. The zero-order valence-corrected chi connectivity index (χ0v) is 9.95. The first kappa shape index (κ1) is 11.5. The highest BCUT2D eigenvalue weighted by atomic mass is 32.1. The number of amides is 1. The summed E-state index contributed by atoms with van der Waals surface area (Å²) in [5.41, 5.74) is 0. The molecule has 2 aromatic rings. The van der Waals surface area contributed by atoms with Crippen LogP contribution in [-0.2, 0) is 4.79 Å². The summed E-state index contributed by atoms with van der Waals surface area (Å²) in [6.45, 7) is 1.59. The minimum atomic E-state index is -0.711. The normalized spacial score (nSPS) is 12.1. The highest BCUT2D eigenvalue weighted by Crippen LogP contribution is 2.15. The van der Waals surface area contributed by atoms with Gasteiger partial charge in [-0.15, -0.1) is 11.3 Å². The van der Waals surface area contributed by atoms with E-state index in [1.54, 1.807) is 25.1 Å². The standard InChI is InChI=1S/C11H11N3O2S/c1-7(10(15)8-3-2-6-17-8)11(16)13-9-4-5-12-14-9/h2-7H,1H3,(H2,12,13,14,16). The summed E-state index contributed by atoms with van der Waals surface area (Å²) in [5, 5.41) is 10.7. The second kappa shape index (κ2) is 4.92. The Morgan fingerprint density at radius 1 is 1.47 bits per heavy atom. The van der Waals surface area contributed by atoms with E-state index in [-0.39, 0.29) is 11.7 Å². The molecule has 17 heavy (non-hydrogen) atoms. The maximum absolute atomic E-state index is 11.9.